The third kappa shape index (κ3) is 8.81. The Kier molecular flexibility index (Phi) is 10.8. The number of H-pyrrole nitrogens is 1. The standard InChI is InChI=1S/C20H29F2N2O14P/c1-11(2)36-17(28)31-9-34-39(30,35-10-32-18(29)37-12(3)4)33-8-20(22)14(26)19(5,21)15(38-20)24-7-6-13(25)23-16(24)27/h6-7,11-12,14-15,26H,8-10H2,1-5H3,(H,23,25,27)/t14-,15+,19+,20+/m0/s1. The fourth-order valence-electron chi connectivity index (χ4n) is 2.99. The Morgan fingerprint density at radius 1 is 1.08 bits per heavy atom. The van der Waals surface area contributed by atoms with Gasteiger partial charge in [-0.25, -0.2) is 36.8 Å². The van der Waals surface area contributed by atoms with Gasteiger partial charge in [0.1, 0.15) is 6.61 Å². The average molecular weight is 590 g/mol. The fraction of sp³-hybridized carbons (Fsp3) is 0.700. The highest BCUT2D eigenvalue weighted by Gasteiger charge is 2.65. The van der Waals surface area contributed by atoms with E-state index < -0.39 is 87.6 Å². The van der Waals surface area contributed by atoms with Gasteiger partial charge < -0.3 is 28.8 Å². The molecule has 0 radical (unpaired) electrons. The van der Waals surface area contributed by atoms with Gasteiger partial charge in [-0.1, -0.05) is 0 Å². The number of alkyl halides is 2. The summed E-state index contributed by atoms with van der Waals surface area (Å²) in [6.07, 6.45) is -7.60. The number of ether oxygens (including phenoxy) is 5. The van der Waals surface area contributed by atoms with Crippen molar-refractivity contribution in [3.8, 4) is 0 Å². The van der Waals surface area contributed by atoms with Crippen LogP contribution in [-0.4, -0.2) is 77.0 Å². The lowest BCUT2D eigenvalue weighted by Gasteiger charge is -2.26. The number of hydrogen-bond donors (Lipinski definition) is 2. The molecule has 16 nitrogen and oxygen atoms in total. The highest BCUT2D eigenvalue weighted by molar-refractivity contribution is 7.48. The average Bonchev–Trinajstić information content (AvgIpc) is 2.97. The summed E-state index contributed by atoms with van der Waals surface area (Å²) in [5, 5.41) is 10.3. The maximum atomic E-state index is 15.6. The Hall–Kier alpha value is -2.89. The maximum absolute atomic E-state index is 15.6. The Labute approximate surface area is 219 Å². The third-order valence-corrected chi connectivity index (χ3v) is 5.98. The zero-order valence-corrected chi connectivity index (χ0v) is 22.4. The van der Waals surface area contributed by atoms with Crippen LogP contribution >= 0.6 is 7.82 Å². The summed E-state index contributed by atoms with van der Waals surface area (Å²) in [6.45, 7) is 2.95. The Balaban J connectivity index is 2.17. The van der Waals surface area contributed by atoms with Crippen molar-refractivity contribution in [2.45, 2.75) is 70.7 Å². The molecule has 0 aliphatic carbocycles. The Morgan fingerprint density at radius 2 is 1.59 bits per heavy atom. The molecule has 0 amide bonds. The van der Waals surface area contributed by atoms with Crippen LogP contribution in [-0.2, 0) is 41.8 Å². The lowest BCUT2D eigenvalue weighted by atomic mass is 9.97. The second-order valence-electron chi connectivity index (χ2n) is 8.66. The van der Waals surface area contributed by atoms with Gasteiger partial charge in [-0.05, 0) is 34.6 Å². The fourth-order valence-corrected chi connectivity index (χ4v) is 3.91. The number of aliphatic hydroxyl groups excluding tert-OH is 1. The second kappa shape index (κ2) is 13.0. The normalized spacial score (nSPS) is 25.1. The molecule has 2 rings (SSSR count). The molecule has 0 aromatic carbocycles. The van der Waals surface area contributed by atoms with Crippen LogP contribution < -0.4 is 11.2 Å². The van der Waals surface area contributed by atoms with E-state index in [2.05, 4.69) is 18.9 Å². The zero-order valence-electron chi connectivity index (χ0n) is 21.5. The first-order valence-electron chi connectivity index (χ1n) is 11.2. The minimum absolute atomic E-state index is 0.473. The number of carbonyl (C=O) groups is 2. The predicted molar refractivity (Wildman–Crippen MR) is 122 cm³/mol. The van der Waals surface area contributed by atoms with Crippen molar-refractivity contribution in [1.29, 1.82) is 0 Å². The minimum Gasteiger partial charge on any atom is -0.432 e. The summed E-state index contributed by atoms with van der Waals surface area (Å²) < 4.78 is 82.1. The van der Waals surface area contributed by atoms with Gasteiger partial charge in [0, 0.05) is 12.3 Å². The van der Waals surface area contributed by atoms with E-state index in [1.807, 2.05) is 4.98 Å². The first-order valence-corrected chi connectivity index (χ1v) is 12.7. The molecule has 2 N–H and O–H groups in total. The zero-order chi connectivity index (χ0) is 29.6. The number of nitrogens with zero attached hydrogens (tertiary/aromatic N) is 1. The molecule has 1 fully saturated rings. The number of phosphoric acid groups is 1. The first kappa shape index (κ1) is 32.3. The molecule has 0 bridgehead atoms. The number of nitrogens with one attached hydrogen (secondary N) is 1. The van der Waals surface area contributed by atoms with E-state index in [1.165, 1.54) is 27.7 Å². The summed E-state index contributed by atoms with van der Waals surface area (Å²) >= 11 is 0. The topological polar surface area (TPSA) is 200 Å². The van der Waals surface area contributed by atoms with Crippen LogP contribution in [0.15, 0.2) is 21.9 Å². The molecule has 2 heterocycles. The van der Waals surface area contributed by atoms with Crippen molar-refractivity contribution in [3.05, 3.63) is 33.1 Å². The van der Waals surface area contributed by atoms with Crippen LogP contribution in [0.4, 0.5) is 18.4 Å². The number of rotatable bonds is 12. The van der Waals surface area contributed by atoms with E-state index in [-0.39, 0.29) is 0 Å². The molecule has 4 atom stereocenters. The van der Waals surface area contributed by atoms with E-state index in [0.717, 1.165) is 12.3 Å². The van der Waals surface area contributed by atoms with Gasteiger partial charge >= 0.3 is 25.8 Å². The molecule has 19 heteroatoms. The summed E-state index contributed by atoms with van der Waals surface area (Å²) in [5.74, 6) is -3.47. The van der Waals surface area contributed by atoms with Crippen molar-refractivity contribution >= 4 is 20.1 Å². The lowest BCUT2D eigenvalue weighted by molar-refractivity contribution is -0.206. The second-order valence-corrected chi connectivity index (χ2v) is 10.3. The van der Waals surface area contributed by atoms with Crippen molar-refractivity contribution in [2.75, 3.05) is 20.2 Å². The minimum atomic E-state index is -5.01. The number of aromatic nitrogens is 2. The summed E-state index contributed by atoms with van der Waals surface area (Å²) in [5.41, 5.74) is -5.00. The van der Waals surface area contributed by atoms with E-state index in [9.17, 15) is 28.8 Å². The SMILES string of the molecule is CC(C)OC(=O)OCOP(=O)(OCOC(=O)OC(C)C)OC[C@@]1(F)O[C@@H](n2ccc(=O)[nH]c2=O)[C@](C)(F)[C@@H]1O. The van der Waals surface area contributed by atoms with Gasteiger partial charge in [-0.2, -0.15) is 0 Å². The summed E-state index contributed by atoms with van der Waals surface area (Å²) in [4.78, 5) is 48.2. The van der Waals surface area contributed by atoms with Crippen LogP contribution in [0.1, 0.15) is 40.8 Å². The van der Waals surface area contributed by atoms with Crippen molar-refractivity contribution < 1.29 is 65.3 Å². The first-order chi connectivity index (χ1) is 18.0. The number of hydrogen-bond acceptors (Lipinski definition) is 14. The van der Waals surface area contributed by atoms with E-state index in [1.54, 1.807) is 0 Å². The van der Waals surface area contributed by atoms with E-state index >= 15 is 8.78 Å². The Morgan fingerprint density at radius 3 is 2.05 bits per heavy atom. The van der Waals surface area contributed by atoms with Gasteiger partial charge in [0.2, 0.25) is 13.6 Å². The molecule has 1 saturated heterocycles. The summed E-state index contributed by atoms with van der Waals surface area (Å²) in [7, 11) is -5.01. The molecule has 222 valence electrons. The molecular weight excluding hydrogens is 561 g/mol. The van der Waals surface area contributed by atoms with Crippen LogP contribution in [0.3, 0.4) is 0 Å². The van der Waals surface area contributed by atoms with Gasteiger partial charge in [0.25, 0.3) is 11.4 Å². The molecule has 0 unspecified atom stereocenters. The molecule has 1 aliphatic rings. The third-order valence-electron chi connectivity index (χ3n) is 4.70. The van der Waals surface area contributed by atoms with E-state index in [4.69, 9.17) is 18.3 Å². The summed E-state index contributed by atoms with van der Waals surface area (Å²) in [6, 6.07) is 0.826. The number of carbonyl (C=O) groups excluding carboxylic acids is 2. The molecule has 0 saturated carbocycles. The monoisotopic (exact) mass is 590 g/mol. The highest BCUT2D eigenvalue weighted by Crippen LogP contribution is 2.53. The van der Waals surface area contributed by atoms with Gasteiger partial charge in [0.15, 0.2) is 18.0 Å². The quantitative estimate of drug-likeness (QED) is 0.203. The van der Waals surface area contributed by atoms with Crippen molar-refractivity contribution in [3.63, 3.8) is 0 Å². The smallest absolute Gasteiger partial charge is 0.432 e. The van der Waals surface area contributed by atoms with Crippen LogP contribution in [0.25, 0.3) is 0 Å². The van der Waals surface area contributed by atoms with Crippen LogP contribution in [0.5, 0.6) is 0 Å². The van der Waals surface area contributed by atoms with Gasteiger partial charge in [-0.15, -0.1) is 0 Å². The molecule has 0 spiro atoms. The van der Waals surface area contributed by atoms with Crippen molar-refractivity contribution in [1.82, 2.24) is 9.55 Å². The molecule has 1 aliphatic heterocycles. The molecular formula is C20H29F2N2O14P. The molecule has 1 aromatic heterocycles. The maximum Gasteiger partial charge on any atom is 0.510 e. The van der Waals surface area contributed by atoms with Gasteiger partial charge in [0.05, 0.1) is 12.2 Å². The van der Waals surface area contributed by atoms with Crippen LogP contribution in [0.2, 0.25) is 0 Å². The molecule has 1 aromatic rings. The number of aliphatic hydroxyl groups is 1. The van der Waals surface area contributed by atoms with Crippen molar-refractivity contribution in [2.24, 2.45) is 0 Å². The largest absolute Gasteiger partial charge is 0.510 e. The highest BCUT2D eigenvalue weighted by atomic mass is 31.2. The number of phosphoric ester groups is 1. The predicted octanol–water partition coefficient (Wildman–Crippen LogP) is 2.02. The number of halogens is 2. The Bertz CT molecular complexity index is 1140. The van der Waals surface area contributed by atoms with Gasteiger partial charge in [-0.3, -0.25) is 18.9 Å². The van der Waals surface area contributed by atoms with Crippen LogP contribution in [0, 0.1) is 0 Å². The number of aromatic amines is 1. The van der Waals surface area contributed by atoms with E-state index in [0.29, 0.717) is 11.5 Å². The molecule has 39 heavy (non-hydrogen) atoms. The lowest BCUT2D eigenvalue weighted by Crippen LogP contribution is -2.47.